The van der Waals surface area contributed by atoms with Gasteiger partial charge in [0.1, 0.15) is 0 Å². The molecular formula is C28H21NOS. The Morgan fingerprint density at radius 2 is 1.26 bits per heavy atom. The minimum Gasteiger partial charge on any atom is -0.338 e. The van der Waals surface area contributed by atoms with Crippen molar-refractivity contribution in [2.24, 2.45) is 0 Å². The molecule has 4 aromatic carbocycles. The van der Waals surface area contributed by atoms with E-state index in [2.05, 4.69) is 47.4 Å². The van der Waals surface area contributed by atoms with Crippen LogP contribution in [-0.2, 0) is 0 Å². The molecule has 0 N–H and O–H groups in total. The summed E-state index contributed by atoms with van der Waals surface area (Å²) in [6, 6.07) is 34.8. The molecule has 0 bridgehead atoms. The van der Waals surface area contributed by atoms with E-state index in [0.29, 0.717) is 5.56 Å². The van der Waals surface area contributed by atoms with Crippen LogP contribution >= 0.6 is 11.8 Å². The zero-order valence-electron chi connectivity index (χ0n) is 17.2. The van der Waals surface area contributed by atoms with Gasteiger partial charge in [0.25, 0.3) is 0 Å². The molecule has 0 unspecified atom stereocenters. The van der Waals surface area contributed by atoms with Gasteiger partial charge in [-0.2, -0.15) is 0 Å². The molecule has 1 heterocycles. The van der Waals surface area contributed by atoms with Gasteiger partial charge >= 0.3 is 0 Å². The van der Waals surface area contributed by atoms with Gasteiger partial charge in [-0.3, -0.25) is 4.79 Å². The summed E-state index contributed by atoms with van der Waals surface area (Å²) >= 11 is 1.64. The quantitative estimate of drug-likeness (QED) is 0.256. The van der Waals surface area contributed by atoms with Crippen LogP contribution in [-0.4, -0.2) is 12.8 Å². The number of ketones is 1. The summed E-state index contributed by atoms with van der Waals surface area (Å²) in [4.78, 5) is 16.2. The Bertz CT molecular complexity index is 1260. The minimum atomic E-state index is 0.0186. The second kappa shape index (κ2) is 8.29. The maximum Gasteiger partial charge on any atom is 0.188 e. The van der Waals surface area contributed by atoms with Crippen LogP contribution in [0.1, 0.15) is 10.4 Å². The lowest BCUT2D eigenvalue weighted by Crippen LogP contribution is -2.11. The number of carbonyl (C=O) groups excluding carboxylic acids is 1. The van der Waals surface area contributed by atoms with E-state index in [4.69, 9.17) is 0 Å². The van der Waals surface area contributed by atoms with Gasteiger partial charge in [0.05, 0.1) is 10.7 Å². The van der Waals surface area contributed by atoms with Crippen LogP contribution in [0.15, 0.2) is 119 Å². The third-order valence-electron chi connectivity index (χ3n) is 5.50. The van der Waals surface area contributed by atoms with Crippen molar-refractivity contribution in [1.82, 2.24) is 0 Å². The van der Waals surface area contributed by atoms with Gasteiger partial charge in [-0.05, 0) is 34.4 Å². The van der Waals surface area contributed by atoms with Crippen LogP contribution in [0.5, 0.6) is 0 Å². The molecule has 5 rings (SSSR count). The van der Waals surface area contributed by atoms with E-state index in [9.17, 15) is 4.79 Å². The van der Waals surface area contributed by atoms with Crippen LogP contribution in [0.2, 0.25) is 0 Å². The maximum absolute atomic E-state index is 12.9. The van der Waals surface area contributed by atoms with Crippen LogP contribution < -0.4 is 4.90 Å². The van der Waals surface area contributed by atoms with Gasteiger partial charge in [0.2, 0.25) is 0 Å². The topological polar surface area (TPSA) is 20.3 Å². The first kappa shape index (κ1) is 19.4. The van der Waals surface area contributed by atoms with Crippen molar-refractivity contribution >= 4 is 23.2 Å². The van der Waals surface area contributed by atoms with Crippen LogP contribution in [0.4, 0.5) is 5.69 Å². The van der Waals surface area contributed by atoms with E-state index in [1.807, 2.05) is 67.7 Å². The number of hydrogen-bond donors (Lipinski definition) is 0. The van der Waals surface area contributed by atoms with Crippen LogP contribution in [0, 0.1) is 0 Å². The lowest BCUT2D eigenvalue weighted by Gasteiger charge is -2.14. The molecule has 0 atom stereocenters. The number of nitrogens with zero attached hydrogens (tertiary/aromatic N) is 1. The Balaban J connectivity index is 1.37. The van der Waals surface area contributed by atoms with E-state index in [-0.39, 0.29) is 5.78 Å². The van der Waals surface area contributed by atoms with Crippen molar-refractivity contribution in [2.75, 3.05) is 11.9 Å². The van der Waals surface area contributed by atoms with Crippen molar-refractivity contribution < 1.29 is 4.79 Å². The second-order valence-electron chi connectivity index (χ2n) is 7.50. The monoisotopic (exact) mass is 419 g/mol. The predicted octanol–water partition coefficient (Wildman–Crippen LogP) is 7.29. The van der Waals surface area contributed by atoms with Crippen molar-refractivity contribution in [3.8, 4) is 22.3 Å². The number of hydrogen-bond acceptors (Lipinski definition) is 3. The molecule has 0 amide bonds. The summed E-state index contributed by atoms with van der Waals surface area (Å²) in [5.41, 5.74) is 6.45. The highest BCUT2D eigenvalue weighted by atomic mass is 32.2. The number of thioether (sulfide) groups is 1. The first-order valence-electron chi connectivity index (χ1n) is 10.2. The summed E-state index contributed by atoms with van der Waals surface area (Å²) in [7, 11) is 2.02. The number of fused-ring (bicyclic) bond motifs is 1. The van der Waals surface area contributed by atoms with E-state index in [0.717, 1.165) is 21.8 Å². The molecule has 0 saturated heterocycles. The van der Waals surface area contributed by atoms with Crippen LogP contribution in [0.25, 0.3) is 22.3 Å². The molecular weight excluding hydrogens is 398 g/mol. The summed E-state index contributed by atoms with van der Waals surface area (Å²) in [5, 5.41) is 0.942. The molecule has 0 aromatic heterocycles. The molecule has 0 fully saturated rings. The molecule has 1 aliphatic heterocycles. The average Bonchev–Trinajstić information content (AvgIpc) is 3.15. The van der Waals surface area contributed by atoms with Crippen molar-refractivity contribution in [1.29, 1.82) is 0 Å². The van der Waals surface area contributed by atoms with Gasteiger partial charge in [-0.1, -0.05) is 103 Å². The van der Waals surface area contributed by atoms with Gasteiger partial charge < -0.3 is 4.90 Å². The molecule has 0 spiro atoms. The lowest BCUT2D eigenvalue weighted by molar-refractivity contribution is 0.104. The highest BCUT2D eigenvalue weighted by molar-refractivity contribution is 8.03. The fourth-order valence-corrected chi connectivity index (χ4v) is 4.82. The molecule has 3 heteroatoms. The summed E-state index contributed by atoms with van der Waals surface area (Å²) in [6.45, 7) is 0. The van der Waals surface area contributed by atoms with Crippen molar-refractivity contribution in [3.63, 3.8) is 0 Å². The molecule has 2 nitrogen and oxygen atoms in total. The van der Waals surface area contributed by atoms with Gasteiger partial charge in [-0.25, -0.2) is 0 Å². The highest BCUT2D eigenvalue weighted by Crippen LogP contribution is 2.46. The first-order chi connectivity index (χ1) is 15.2. The Kier molecular flexibility index (Phi) is 5.19. The molecule has 4 aromatic rings. The van der Waals surface area contributed by atoms with E-state index >= 15 is 0 Å². The number of allylic oxidation sites excluding steroid dienone is 1. The fourth-order valence-electron chi connectivity index (χ4n) is 3.76. The number of benzene rings is 4. The minimum absolute atomic E-state index is 0.0186. The molecule has 0 aliphatic carbocycles. The smallest absolute Gasteiger partial charge is 0.188 e. The lowest BCUT2D eigenvalue weighted by atomic mass is 10.0. The Labute approximate surface area is 186 Å². The van der Waals surface area contributed by atoms with Crippen molar-refractivity contribution in [3.05, 3.63) is 120 Å². The van der Waals surface area contributed by atoms with Crippen molar-refractivity contribution in [2.45, 2.75) is 4.90 Å². The second-order valence-corrected chi connectivity index (χ2v) is 8.56. The Hall–Kier alpha value is -3.56. The number of carbonyl (C=O) groups is 1. The standard InChI is InChI=1S/C28H21NOS/c1-29-25-18-24(21-10-6-3-7-11-21)16-17-27(25)31-28(29)19-26(30)23-14-12-22(13-15-23)20-8-4-2-5-9-20/h2-19H,1H3. The van der Waals surface area contributed by atoms with E-state index in [1.54, 1.807) is 17.8 Å². The summed E-state index contributed by atoms with van der Waals surface area (Å²) < 4.78 is 0. The van der Waals surface area contributed by atoms with Gasteiger partial charge in [0, 0.05) is 23.6 Å². The Morgan fingerprint density at radius 3 is 1.90 bits per heavy atom. The molecule has 1 aliphatic rings. The zero-order valence-corrected chi connectivity index (χ0v) is 18.0. The normalized spacial score (nSPS) is 14.0. The third kappa shape index (κ3) is 3.92. The van der Waals surface area contributed by atoms with E-state index < -0.39 is 0 Å². The van der Waals surface area contributed by atoms with Gasteiger partial charge in [-0.15, -0.1) is 0 Å². The molecule has 150 valence electrons. The average molecular weight is 420 g/mol. The molecule has 0 saturated carbocycles. The Morgan fingerprint density at radius 1 is 0.710 bits per heavy atom. The van der Waals surface area contributed by atoms with Crippen LogP contribution in [0.3, 0.4) is 0 Å². The summed E-state index contributed by atoms with van der Waals surface area (Å²) in [5.74, 6) is 0.0186. The predicted molar refractivity (Wildman–Crippen MR) is 130 cm³/mol. The highest BCUT2D eigenvalue weighted by Gasteiger charge is 2.23. The first-order valence-corrected chi connectivity index (χ1v) is 11.0. The number of anilines is 1. The maximum atomic E-state index is 12.9. The van der Waals surface area contributed by atoms with Gasteiger partial charge in [0.15, 0.2) is 5.78 Å². The molecule has 0 radical (unpaired) electrons. The van der Waals surface area contributed by atoms with E-state index in [1.165, 1.54) is 16.0 Å². The fraction of sp³-hybridized carbons (Fsp3) is 0.0357. The number of rotatable bonds is 4. The zero-order chi connectivity index (χ0) is 21.2. The third-order valence-corrected chi connectivity index (χ3v) is 6.67. The SMILES string of the molecule is CN1C(=CC(=O)c2ccc(-c3ccccc3)cc2)Sc2ccc(-c3ccccc3)cc21. The largest absolute Gasteiger partial charge is 0.338 e. The molecule has 31 heavy (non-hydrogen) atoms. The summed E-state index contributed by atoms with van der Waals surface area (Å²) in [6.07, 6.45) is 1.74.